The minimum Gasteiger partial charge on any atom is -0.488 e. The van der Waals surface area contributed by atoms with Gasteiger partial charge in [-0.2, -0.15) is 4.91 Å². The van der Waals surface area contributed by atoms with E-state index in [0.29, 0.717) is 10.6 Å². The number of amides is 1. The molecule has 0 bridgehead atoms. The number of aromatic nitrogens is 2. The number of anilines is 2. The van der Waals surface area contributed by atoms with Gasteiger partial charge in [-0.25, -0.2) is 9.18 Å². The molecular weight excluding hydrogens is 493 g/mol. The molecule has 3 aromatic rings. The Hall–Kier alpha value is -3.99. The van der Waals surface area contributed by atoms with Crippen molar-refractivity contribution in [1.29, 1.82) is 0 Å². The molecule has 190 valence electrons. The van der Waals surface area contributed by atoms with Crippen molar-refractivity contribution in [2.24, 2.45) is 5.18 Å². The minimum absolute atomic E-state index is 0.0161. The van der Waals surface area contributed by atoms with Crippen LogP contribution in [0.5, 0.6) is 5.75 Å². The SMILES string of the molecule is CC(C)Oc1ccc(Nc2cc(=O)n(CC(=O)NCCN=O)c(=O)n2Cc2ccc(Cl)cc2)cc1F. The smallest absolute Gasteiger partial charge is 0.333 e. The Morgan fingerprint density at radius 3 is 2.47 bits per heavy atom. The van der Waals surface area contributed by atoms with Crippen molar-refractivity contribution >= 4 is 29.0 Å². The molecule has 0 atom stereocenters. The highest BCUT2D eigenvalue weighted by atomic mass is 35.5. The fourth-order valence-electron chi connectivity index (χ4n) is 3.31. The topological polar surface area (TPSA) is 124 Å². The number of rotatable bonds is 11. The second-order valence-corrected chi connectivity index (χ2v) is 8.53. The van der Waals surface area contributed by atoms with Crippen molar-refractivity contribution in [3.05, 3.63) is 90.7 Å². The van der Waals surface area contributed by atoms with Gasteiger partial charge in [-0.3, -0.25) is 18.7 Å². The number of ether oxygens (including phenoxy) is 1. The van der Waals surface area contributed by atoms with Crippen LogP contribution in [0.1, 0.15) is 19.4 Å². The van der Waals surface area contributed by atoms with Crippen LogP contribution >= 0.6 is 11.6 Å². The van der Waals surface area contributed by atoms with Crippen LogP contribution in [0, 0.1) is 10.7 Å². The zero-order chi connectivity index (χ0) is 26.2. The molecule has 0 unspecified atom stereocenters. The van der Waals surface area contributed by atoms with Crippen molar-refractivity contribution in [1.82, 2.24) is 14.5 Å². The fraction of sp³-hybridized carbons (Fsp3) is 0.292. The first-order chi connectivity index (χ1) is 17.2. The molecule has 10 nitrogen and oxygen atoms in total. The van der Waals surface area contributed by atoms with Crippen molar-refractivity contribution < 1.29 is 13.9 Å². The lowest BCUT2D eigenvalue weighted by atomic mass is 10.2. The third-order valence-corrected chi connectivity index (χ3v) is 5.18. The van der Waals surface area contributed by atoms with E-state index < -0.39 is 29.5 Å². The number of hydrogen-bond acceptors (Lipinski definition) is 7. The van der Waals surface area contributed by atoms with Crippen molar-refractivity contribution in [2.75, 3.05) is 18.4 Å². The summed E-state index contributed by atoms with van der Waals surface area (Å²) >= 11 is 5.96. The van der Waals surface area contributed by atoms with Crippen molar-refractivity contribution in [3.63, 3.8) is 0 Å². The third kappa shape index (κ3) is 7.01. The van der Waals surface area contributed by atoms with Gasteiger partial charge >= 0.3 is 5.69 Å². The van der Waals surface area contributed by atoms with Gasteiger partial charge in [0.15, 0.2) is 11.6 Å². The summed E-state index contributed by atoms with van der Waals surface area (Å²) in [4.78, 5) is 48.4. The third-order valence-electron chi connectivity index (χ3n) is 4.93. The van der Waals surface area contributed by atoms with E-state index in [-0.39, 0.29) is 43.0 Å². The van der Waals surface area contributed by atoms with Crippen molar-refractivity contribution in [3.8, 4) is 5.75 Å². The number of nitroso groups, excluding NO2 is 1. The molecule has 1 aromatic heterocycles. The number of halogens is 2. The molecule has 2 aromatic carbocycles. The Bertz CT molecular complexity index is 1350. The van der Waals surface area contributed by atoms with Gasteiger partial charge in [-0.1, -0.05) is 28.9 Å². The Balaban J connectivity index is 1.99. The van der Waals surface area contributed by atoms with Crippen LogP contribution < -0.4 is 26.6 Å². The van der Waals surface area contributed by atoms with E-state index in [1.807, 2.05) is 0 Å². The highest BCUT2D eigenvalue weighted by molar-refractivity contribution is 6.30. The summed E-state index contributed by atoms with van der Waals surface area (Å²) in [5.74, 6) is -1.08. The summed E-state index contributed by atoms with van der Waals surface area (Å²) in [6.45, 7) is 2.88. The Morgan fingerprint density at radius 2 is 1.83 bits per heavy atom. The predicted molar refractivity (Wildman–Crippen MR) is 135 cm³/mol. The van der Waals surface area contributed by atoms with E-state index in [9.17, 15) is 23.7 Å². The van der Waals surface area contributed by atoms with Gasteiger partial charge in [0, 0.05) is 29.4 Å². The largest absolute Gasteiger partial charge is 0.488 e. The van der Waals surface area contributed by atoms with Crippen LogP contribution in [-0.4, -0.2) is 34.2 Å². The lowest BCUT2D eigenvalue weighted by Gasteiger charge is -2.17. The maximum atomic E-state index is 14.5. The van der Waals surface area contributed by atoms with Gasteiger partial charge in [0.05, 0.1) is 19.2 Å². The number of carbonyl (C=O) groups excluding carboxylic acids is 1. The maximum absolute atomic E-state index is 14.5. The van der Waals surface area contributed by atoms with E-state index in [0.717, 1.165) is 10.6 Å². The molecule has 12 heteroatoms. The molecule has 0 spiro atoms. The zero-order valence-corrected chi connectivity index (χ0v) is 20.4. The van der Waals surface area contributed by atoms with Crippen LogP contribution in [0.2, 0.25) is 5.02 Å². The van der Waals surface area contributed by atoms with Crippen LogP contribution in [0.3, 0.4) is 0 Å². The Kier molecular flexibility index (Phi) is 8.96. The quantitative estimate of drug-likeness (QED) is 0.297. The van der Waals surface area contributed by atoms with Gasteiger partial charge in [0.2, 0.25) is 5.91 Å². The molecule has 0 saturated heterocycles. The average molecular weight is 518 g/mol. The molecule has 0 aliphatic heterocycles. The number of hydrogen-bond donors (Lipinski definition) is 2. The Labute approximate surface area is 210 Å². The van der Waals surface area contributed by atoms with Gasteiger partial charge in [-0.05, 0) is 43.7 Å². The molecule has 1 amide bonds. The molecule has 36 heavy (non-hydrogen) atoms. The lowest BCUT2D eigenvalue weighted by Crippen LogP contribution is -2.44. The highest BCUT2D eigenvalue weighted by Crippen LogP contribution is 2.24. The van der Waals surface area contributed by atoms with E-state index in [2.05, 4.69) is 15.8 Å². The summed E-state index contributed by atoms with van der Waals surface area (Å²) in [6.07, 6.45) is -0.220. The van der Waals surface area contributed by atoms with Gasteiger partial charge in [0.1, 0.15) is 12.4 Å². The molecule has 1 heterocycles. The fourth-order valence-corrected chi connectivity index (χ4v) is 3.43. The van der Waals surface area contributed by atoms with Crippen LogP contribution in [0.4, 0.5) is 15.9 Å². The first-order valence-electron chi connectivity index (χ1n) is 11.1. The predicted octanol–water partition coefficient (Wildman–Crippen LogP) is 3.26. The molecular formula is C24H25ClFN5O5. The number of benzene rings is 2. The summed E-state index contributed by atoms with van der Waals surface area (Å²) in [5.41, 5.74) is -0.519. The normalized spacial score (nSPS) is 10.8. The second kappa shape index (κ2) is 12.1. The van der Waals surface area contributed by atoms with Gasteiger partial charge in [-0.15, -0.1) is 0 Å². The average Bonchev–Trinajstić information content (AvgIpc) is 2.82. The first kappa shape index (κ1) is 26.6. The second-order valence-electron chi connectivity index (χ2n) is 8.09. The monoisotopic (exact) mass is 517 g/mol. The standard InChI is InChI=1S/C24H25ClFN5O5/c1-15(2)36-20-8-7-18(11-19(20)26)29-21-12-23(33)31(14-22(32)27-9-10-28-35)24(34)30(21)13-16-3-5-17(25)6-4-16/h3-8,11-12,15,29H,9-10,13-14H2,1-2H3,(H,27,32). The van der Waals surface area contributed by atoms with Gasteiger partial charge in [0.25, 0.3) is 5.56 Å². The molecule has 0 aliphatic carbocycles. The lowest BCUT2D eigenvalue weighted by molar-refractivity contribution is -0.121. The first-order valence-corrected chi connectivity index (χ1v) is 11.4. The molecule has 0 radical (unpaired) electrons. The number of nitrogens with one attached hydrogen (secondary N) is 2. The van der Waals surface area contributed by atoms with Crippen molar-refractivity contribution in [2.45, 2.75) is 33.0 Å². The Morgan fingerprint density at radius 1 is 1.11 bits per heavy atom. The number of nitrogens with zero attached hydrogens (tertiary/aromatic N) is 3. The summed E-state index contributed by atoms with van der Waals surface area (Å²) in [6, 6.07) is 12.1. The van der Waals surface area contributed by atoms with Gasteiger partial charge < -0.3 is 15.4 Å². The van der Waals surface area contributed by atoms with Crippen LogP contribution in [0.25, 0.3) is 0 Å². The highest BCUT2D eigenvalue weighted by Gasteiger charge is 2.16. The van der Waals surface area contributed by atoms with E-state index in [1.54, 1.807) is 44.2 Å². The van der Waals surface area contributed by atoms with E-state index in [4.69, 9.17) is 16.3 Å². The summed E-state index contributed by atoms with van der Waals surface area (Å²) in [5, 5.41) is 8.48. The molecule has 0 aliphatic rings. The van der Waals surface area contributed by atoms with E-state index >= 15 is 0 Å². The maximum Gasteiger partial charge on any atom is 0.333 e. The minimum atomic E-state index is -0.760. The number of carbonyl (C=O) groups is 1. The van der Waals surface area contributed by atoms with E-state index in [1.165, 1.54) is 16.7 Å². The van der Waals surface area contributed by atoms with Crippen LogP contribution in [0.15, 0.2) is 63.3 Å². The van der Waals surface area contributed by atoms with Crippen LogP contribution in [-0.2, 0) is 17.9 Å². The molecule has 2 N–H and O–H groups in total. The molecule has 3 rings (SSSR count). The molecule has 0 saturated carbocycles. The summed E-state index contributed by atoms with van der Waals surface area (Å²) in [7, 11) is 0. The summed E-state index contributed by atoms with van der Waals surface area (Å²) < 4.78 is 21.9. The molecule has 0 fully saturated rings. The zero-order valence-electron chi connectivity index (χ0n) is 19.7.